The van der Waals surface area contributed by atoms with Crippen LogP contribution in [0.1, 0.15) is 16.7 Å². The third-order valence-corrected chi connectivity index (χ3v) is 5.78. The van der Waals surface area contributed by atoms with E-state index >= 15 is 0 Å². The van der Waals surface area contributed by atoms with Crippen LogP contribution >= 0.6 is 11.6 Å². The van der Waals surface area contributed by atoms with Crippen molar-refractivity contribution in [3.63, 3.8) is 0 Å². The molecular formula is C24H21ClN4. The zero-order valence-electron chi connectivity index (χ0n) is 16.0. The summed E-state index contributed by atoms with van der Waals surface area (Å²) in [5.41, 5.74) is 4.76. The number of benzene rings is 3. The van der Waals surface area contributed by atoms with Crippen molar-refractivity contribution >= 4 is 34.3 Å². The van der Waals surface area contributed by atoms with E-state index in [0.717, 1.165) is 52.8 Å². The zero-order chi connectivity index (χ0) is 19.6. The van der Waals surface area contributed by atoms with E-state index in [1.807, 2.05) is 42.5 Å². The van der Waals surface area contributed by atoms with Gasteiger partial charge in [-0.05, 0) is 41.3 Å². The maximum atomic E-state index is 6.33. The average Bonchev–Trinajstić information content (AvgIpc) is 2.78. The molecule has 4 nitrogen and oxygen atoms in total. The van der Waals surface area contributed by atoms with Gasteiger partial charge in [-0.3, -0.25) is 0 Å². The fourth-order valence-electron chi connectivity index (χ4n) is 3.83. The van der Waals surface area contributed by atoms with Crippen LogP contribution in [0, 0.1) is 0 Å². The van der Waals surface area contributed by atoms with Gasteiger partial charge in [0.05, 0.1) is 5.52 Å². The number of hydrogen-bond acceptors (Lipinski definition) is 4. The van der Waals surface area contributed by atoms with Crippen LogP contribution in [0.25, 0.3) is 10.9 Å². The van der Waals surface area contributed by atoms with Gasteiger partial charge in [0, 0.05) is 30.0 Å². The molecule has 3 aromatic carbocycles. The van der Waals surface area contributed by atoms with Gasteiger partial charge in [-0.25, -0.2) is 4.98 Å². The van der Waals surface area contributed by atoms with Crippen molar-refractivity contribution < 1.29 is 0 Å². The molecule has 0 radical (unpaired) electrons. The van der Waals surface area contributed by atoms with Crippen LogP contribution in [0.3, 0.4) is 0 Å². The summed E-state index contributed by atoms with van der Waals surface area (Å²) in [4.78, 5) is 12.0. The second-order valence-electron chi connectivity index (χ2n) is 7.27. The lowest BCUT2D eigenvalue weighted by molar-refractivity contribution is 0.710. The minimum atomic E-state index is 0.614. The van der Waals surface area contributed by atoms with Crippen LogP contribution in [0.2, 0.25) is 5.02 Å². The summed E-state index contributed by atoms with van der Waals surface area (Å²) < 4.78 is 0. The summed E-state index contributed by atoms with van der Waals surface area (Å²) in [6, 6.07) is 24.6. The number of halogens is 1. The van der Waals surface area contributed by atoms with Crippen LogP contribution < -0.4 is 10.2 Å². The summed E-state index contributed by atoms with van der Waals surface area (Å²) in [5.74, 6) is 1.60. The molecule has 0 fully saturated rings. The van der Waals surface area contributed by atoms with E-state index in [9.17, 15) is 0 Å². The molecule has 0 unspecified atom stereocenters. The summed E-state index contributed by atoms with van der Waals surface area (Å²) in [5, 5.41) is 5.25. The van der Waals surface area contributed by atoms with Gasteiger partial charge in [-0.1, -0.05) is 66.2 Å². The highest BCUT2D eigenvalue weighted by molar-refractivity contribution is 6.31. The summed E-state index contributed by atoms with van der Waals surface area (Å²) in [7, 11) is 0. The molecular weight excluding hydrogens is 380 g/mol. The highest BCUT2D eigenvalue weighted by Crippen LogP contribution is 2.28. The van der Waals surface area contributed by atoms with Gasteiger partial charge in [0.1, 0.15) is 5.82 Å². The standard InChI is InChI=1S/C24H21ClN4/c25-21-11-5-3-8-18(21)15-26-23-20-10-4-6-12-22(20)27-24(28-23)29-14-13-17-7-1-2-9-19(17)16-29/h1-12H,13-16H2,(H,26,27,28). The van der Waals surface area contributed by atoms with E-state index in [1.165, 1.54) is 11.1 Å². The first-order valence-electron chi connectivity index (χ1n) is 9.84. The Morgan fingerprint density at radius 1 is 0.862 bits per heavy atom. The van der Waals surface area contributed by atoms with Gasteiger partial charge in [0.25, 0.3) is 0 Å². The predicted molar refractivity (Wildman–Crippen MR) is 120 cm³/mol. The predicted octanol–water partition coefficient (Wildman–Crippen LogP) is 5.46. The molecule has 0 atom stereocenters. The summed E-state index contributed by atoms with van der Waals surface area (Å²) >= 11 is 6.33. The lowest BCUT2D eigenvalue weighted by Gasteiger charge is -2.29. The van der Waals surface area contributed by atoms with E-state index in [1.54, 1.807) is 0 Å². The van der Waals surface area contributed by atoms with Crippen LogP contribution in [0.4, 0.5) is 11.8 Å². The molecule has 0 bridgehead atoms. The number of hydrogen-bond donors (Lipinski definition) is 1. The first kappa shape index (κ1) is 18.0. The summed E-state index contributed by atoms with van der Waals surface area (Å²) in [6.45, 7) is 2.36. The zero-order valence-corrected chi connectivity index (χ0v) is 16.7. The van der Waals surface area contributed by atoms with E-state index in [2.05, 4.69) is 40.5 Å². The molecule has 2 heterocycles. The molecule has 4 aromatic rings. The molecule has 0 amide bonds. The Kier molecular flexibility index (Phi) is 4.78. The van der Waals surface area contributed by atoms with Gasteiger partial charge < -0.3 is 10.2 Å². The Morgan fingerprint density at radius 3 is 2.52 bits per heavy atom. The molecule has 0 aliphatic carbocycles. The van der Waals surface area contributed by atoms with Gasteiger partial charge >= 0.3 is 0 Å². The Bertz CT molecular complexity index is 1170. The number of para-hydroxylation sites is 1. The smallest absolute Gasteiger partial charge is 0.228 e. The van der Waals surface area contributed by atoms with Crippen molar-refractivity contribution in [3.8, 4) is 0 Å². The molecule has 1 aliphatic heterocycles. The van der Waals surface area contributed by atoms with Crippen molar-refractivity contribution in [2.45, 2.75) is 19.5 Å². The lowest BCUT2D eigenvalue weighted by Crippen LogP contribution is -2.31. The number of aromatic nitrogens is 2. The molecule has 5 rings (SSSR count). The van der Waals surface area contributed by atoms with E-state index < -0.39 is 0 Å². The molecule has 29 heavy (non-hydrogen) atoms. The normalized spacial score (nSPS) is 13.3. The maximum Gasteiger partial charge on any atom is 0.228 e. The molecule has 1 N–H and O–H groups in total. The monoisotopic (exact) mass is 400 g/mol. The fraction of sp³-hybridized carbons (Fsp3) is 0.167. The number of nitrogens with one attached hydrogen (secondary N) is 1. The fourth-order valence-corrected chi connectivity index (χ4v) is 4.03. The molecule has 0 spiro atoms. The molecule has 5 heteroatoms. The molecule has 144 valence electrons. The molecule has 1 aliphatic rings. The van der Waals surface area contributed by atoms with Crippen molar-refractivity contribution in [2.24, 2.45) is 0 Å². The maximum absolute atomic E-state index is 6.33. The van der Waals surface area contributed by atoms with Crippen molar-refractivity contribution in [2.75, 3.05) is 16.8 Å². The van der Waals surface area contributed by atoms with Crippen LogP contribution in [0.5, 0.6) is 0 Å². The minimum absolute atomic E-state index is 0.614. The summed E-state index contributed by atoms with van der Waals surface area (Å²) in [6.07, 6.45) is 1.01. The Morgan fingerprint density at radius 2 is 1.62 bits per heavy atom. The van der Waals surface area contributed by atoms with Crippen molar-refractivity contribution in [3.05, 3.63) is 94.5 Å². The number of nitrogens with zero attached hydrogens (tertiary/aromatic N) is 3. The minimum Gasteiger partial charge on any atom is -0.365 e. The quantitative estimate of drug-likeness (QED) is 0.494. The highest BCUT2D eigenvalue weighted by atomic mass is 35.5. The second kappa shape index (κ2) is 7.72. The van der Waals surface area contributed by atoms with Gasteiger partial charge in [-0.2, -0.15) is 4.98 Å². The van der Waals surface area contributed by atoms with Crippen molar-refractivity contribution in [1.82, 2.24) is 9.97 Å². The average molecular weight is 401 g/mol. The number of rotatable bonds is 4. The van der Waals surface area contributed by atoms with E-state index in [4.69, 9.17) is 21.6 Å². The molecule has 0 saturated heterocycles. The van der Waals surface area contributed by atoms with Crippen molar-refractivity contribution in [1.29, 1.82) is 0 Å². The number of anilines is 2. The van der Waals surface area contributed by atoms with Gasteiger partial charge in [-0.15, -0.1) is 0 Å². The van der Waals surface area contributed by atoms with Gasteiger partial charge in [0.2, 0.25) is 5.95 Å². The number of fused-ring (bicyclic) bond motifs is 2. The second-order valence-corrected chi connectivity index (χ2v) is 7.68. The molecule has 0 saturated carbocycles. The van der Waals surface area contributed by atoms with Crippen LogP contribution in [0.15, 0.2) is 72.8 Å². The highest BCUT2D eigenvalue weighted by Gasteiger charge is 2.19. The third-order valence-electron chi connectivity index (χ3n) is 5.41. The van der Waals surface area contributed by atoms with Crippen LogP contribution in [-0.2, 0) is 19.5 Å². The Hall–Kier alpha value is -3.11. The Balaban J connectivity index is 1.48. The van der Waals surface area contributed by atoms with Gasteiger partial charge in [0.15, 0.2) is 0 Å². The SMILES string of the molecule is Clc1ccccc1CNc1nc(N2CCc3ccccc3C2)nc2ccccc12. The Labute approximate surface area is 175 Å². The van der Waals surface area contributed by atoms with Crippen LogP contribution in [-0.4, -0.2) is 16.5 Å². The topological polar surface area (TPSA) is 41.1 Å². The third kappa shape index (κ3) is 3.64. The van der Waals surface area contributed by atoms with E-state index in [-0.39, 0.29) is 0 Å². The largest absolute Gasteiger partial charge is 0.365 e. The van der Waals surface area contributed by atoms with E-state index in [0.29, 0.717) is 6.54 Å². The first-order valence-corrected chi connectivity index (χ1v) is 10.2. The molecule has 1 aromatic heterocycles. The lowest BCUT2D eigenvalue weighted by atomic mass is 10.0. The first-order chi connectivity index (χ1) is 14.3.